The van der Waals surface area contributed by atoms with Gasteiger partial charge in [-0.3, -0.25) is 9.69 Å². The molecule has 1 fully saturated rings. The van der Waals surface area contributed by atoms with Crippen LogP contribution in [0.3, 0.4) is 0 Å². The molecule has 1 aliphatic carbocycles. The molecule has 1 aromatic carbocycles. The standard InChI is InChI=1S/C24H19FN2O5/c25-18-9-5-15(6-10-18)14-27-22(28)20(26-24(27)31)13-19-11-12-21(32-19)16-3-1-2-4-17(8-7-16)23(29)30/h3-13H,1-2,14H2,(H,26,31)(H,29,30)/b8-7-,16-3+,17-4+,20-13+. The molecule has 0 radical (unpaired) electrons. The number of aliphatic carboxylic acids is 1. The molecule has 3 amide bonds. The molecule has 0 saturated carbocycles. The van der Waals surface area contributed by atoms with E-state index in [-0.39, 0.29) is 17.8 Å². The summed E-state index contributed by atoms with van der Waals surface area (Å²) in [4.78, 5) is 37.1. The van der Waals surface area contributed by atoms with Crippen LogP contribution in [0.1, 0.15) is 29.9 Å². The van der Waals surface area contributed by atoms with Crippen LogP contribution in [-0.4, -0.2) is 27.9 Å². The Bertz CT molecular complexity index is 1200. The van der Waals surface area contributed by atoms with Crippen LogP contribution in [0.2, 0.25) is 0 Å². The fraction of sp³-hybridized carbons (Fsp3) is 0.125. The fourth-order valence-electron chi connectivity index (χ4n) is 3.35. The Kier molecular flexibility index (Phi) is 5.85. The summed E-state index contributed by atoms with van der Waals surface area (Å²) in [5.41, 5.74) is 1.62. The van der Waals surface area contributed by atoms with Gasteiger partial charge in [0.1, 0.15) is 23.0 Å². The lowest BCUT2D eigenvalue weighted by atomic mass is 10.0. The van der Waals surface area contributed by atoms with E-state index in [4.69, 9.17) is 4.42 Å². The first-order valence-corrected chi connectivity index (χ1v) is 9.91. The van der Waals surface area contributed by atoms with E-state index in [0.29, 0.717) is 29.9 Å². The third-order valence-electron chi connectivity index (χ3n) is 5.00. The van der Waals surface area contributed by atoms with Crippen molar-refractivity contribution in [2.75, 3.05) is 0 Å². The maximum absolute atomic E-state index is 13.1. The summed E-state index contributed by atoms with van der Waals surface area (Å²) in [6.45, 7) is 0.0167. The number of carboxylic acid groups (broad SMARTS) is 1. The number of allylic oxidation sites excluding steroid dienone is 4. The van der Waals surface area contributed by atoms with Crippen molar-refractivity contribution >= 4 is 29.6 Å². The average Bonchev–Trinajstić information content (AvgIpc) is 3.29. The maximum Gasteiger partial charge on any atom is 0.335 e. The molecule has 7 nitrogen and oxygen atoms in total. The third-order valence-corrected chi connectivity index (χ3v) is 5.00. The van der Waals surface area contributed by atoms with Gasteiger partial charge < -0.3 is 14.8 Å². The van der Waals surface area contributed by atoms with Crippen LogP contribution in [0, 0.1) is 5.82 Å². The molecule has 1 saturated heterocycles. The molecule has 2 aromatic rings. The number of carbonyl (C=O) groups is 3. The summed E-state index contributed by atoms with van der Waals surface area (Å²) >= 11 is 0. The van der Waals surface area contributed by atoms with Crippen molar-refractivity contribution < 1.29 is 28.3 Å². The van der Waals surface area contributed by atoms with Crippen LogP contribution in [0.5, 0.6) is 0 Å². The Labute approximate surface area is 182 Å². The summed E-state index contributed by atoms with van der Waals surface area (Å²) in [6, 6.07) is 8.36. The lowest BCUT2D eigenvalue weighted by Gasteiger charge is -2.11. The van der Waals surface area contributed by atoms with Crippen LogP contribution in [0.4, 0.5) is 9.18 Å². The van der Waals surface area contributed by atoms with Gasteiger partial charge in [0.2, 0.25) is 0 Å². The highest BCUT2D eigenvalue weighted by Gasteiger charge is 2.33. The number of nitrogens with one attached hydrogen (secondary N) is 1. The zero-order valence-corrected chi connectivity index (χ0v) is 16.9. The second-order valence-corrected chi connectivity index (χ2v) is 7.24. The number of amides is 3. The fourth-order valence-corrected chi connectivity index (χ4v) is 3.35. The Morgan fingerprint density at radius 2 is 1.84 bits per heavy atom. The van der Waals surface area contributed by atoms with Crippen molar-refractivity contribution in [3.8, 4) is 0 Å². The molecule has 32 heavy (non-hydrogen) atoms. The molecule has 2 aliphatic rings. The molecular formula is C24H19FN2O5. The molecule has 8 heteroatoms. The van der Waals surface area contributed by atoms with E-state index in [1.165, 1.54) is 36.4 Å². The molecule has 1 aromatic heterocycles. The summed E-state index contributed by atoms with van der Waals surface area (Å²) in [5, 5.41) is 11.7. The minimum absolute atomic E-state index is 0.0167. The van der Waals surface area contributed by atoms with Gasteiger partial charge >= 0.3 is 12.0 Å². The number of carboxylic acids is 1. The highest BCUT2D eigenvalue weighted by atomic mass is 19.1. The molecule has 0 unspecified atom stereocenters. The molecule has 2 N–H and O–H groups in total. The number of urea groups is 1. The summed E-state index contributed by atoms with van der Waals surface area (Å²) < 4.78 is 18.9. The normalized spacial score (nSPS) is 21.9. The van der Waals surface area contributed by atoms with Gasteiger partial charge in [-0.25, -0.2) is 14.0 Å². The van der Waals surface area contributed by atoms with E-state index in [1.54, 1.807) is 24.3 Å². The molecule has 1 aliphatic heterocycles. The van der Waals surface area contributed by atoms with Gasteiger partial charge in [-0.1, -0.05) is 30.4 Å². The van der Waals surface area contributed by atoms with E-state index >= 15 is 0 Å². The number of hydrogen-bond acceptors (Lipinski definition) is 4. The number of carbonyl (C=O) groups excluding carboxylic acids is 2. The van der Waals surface area contributed by atoms with E-state index in [9.17, 15) is 23.9 Å². The van der Waals surface area contributed by atoms with Crippen molar-refractivity contribution in [2.24, 2.45) is 0 Å². The van der Waals surface area contributed by atoms with Gasteiger partial charge in [-0.05, 0) is 48.7 Å². The summed E-state index contributed by atoms with van der Waals surface area (Å²) in [5.74, 6) is -1.03. The van der Waals surface area contributed by atoms with Crippen LogP contribution in [0.25, 0.3) is 11.6 Å². The molecule has 4 rings (SSSR count). The van der Waals surface area contributed by atoms with Gasteiger partial charge in [-0.2, -0.15) is 0 Å². The average molecular weight is 434 g/mol. The number of furan rings is 1. The van der Waals surface area contributed by atoms with Crippen molar-refractivity contribution in [3.05, 3.63) is 94.9 Å². The Morgan fingerprint density at radius 1 is 1.09 bits per heavy atom. The highest BCUT2D eigenvalue weighted by molar-refractivity contribution is 6.13. The van der Waals surface area contributed by atoms with Gasteiger partial charge in [0, 0.05) is 11.6 Å². The topological polar surface area (TPSA) is 99.9 Å². The van der Waals surface area contributed by atoms with E-state index in [2.05, 4.69) is 5.32 Å². The predicted octanol–water partition coefficient (Wildman–Crippen LogP) is 4.26. The molecule has 0 atom stereocenters. The molecular weight excluding hydrogens is 415 g/mol. The van der Waals surface area contributed by atoms with Crippen LogP contribution < -0.4 is 5.32 Å². The zero-order chi connectivity index (χ0) is 22.7. The maximum atomic E-state index is 13.1. The minimum atomic E-state index is -0.993. The first kappa shape index (κ1) is 21.0. The van der Waals surface area contributed by atoms with E-state index in [0.717, 1.165) is 10.5 Å². The number of rotatable bonds is 5. The molecule has 2 heterocycles. The van der Waals surface area contributed by atoms with Crippen molar-refractivity contribution in [1.29, 1.82) is 0 Å². The molecule has 0 spiro atoms. The zero-order valence-electron chi connectivity index (χ0n) is 16.9. The third kappa shape index (κ3) is 4.59. The molecule has 0 bridgehead atoms. The highest BCUT2D eigenvalue weighted by Crippen LogP contribution is 2.25. The number of nitrogens with zero attached hydrogens (tertiary/aromatic N) is 1. The van der Waals surface area contributed by atoms with Gasteiger partial charge in [0.25, 0.3) is 5.91 Å². The van der Waals surface area contributed by atoms with Crippen LogP contribution in [0.15, 0.2) is 76.4 Å². The first-order valence-electron chi connectivity index (χ1n) is 9.91. The quantitative estimate of drug-likeness (QED) is 0.541. The lowest BCUT2D eigenvalue weighted by molar-refractivity contribution is -0.132. The van der Waals surface area contributed by atoms with Crippen molar-refractivity contribution in [2.45, 2.75) is 19.4 Å². The monoisotopic (exact) mass is 434 g/mol. The number of hydrogen-bond donors (Lipinski definition) is 2. The second-order valence-electron chi connectivity index (χ2n) is 7.24. The number of benzene rings is 1. The number of imide groups is 1. The predicted molar refractivity (Wildman–Crippen MR) is 114 cm³/mol. The SMILES string of the molecule is O=C(O)C1=C/CC\C=C(c2ccc(/C=C3/NC(=O)N(Cc4ccc(F)cc4)C3=O)o2)/C=C\1. The Balaban J connectivity index is 1.50. The van der Waals surface area contributed by atoms with Crippen molar-refractivity contribution in [3.63, 3.8) is 0 Å². The minimum Gasteiger partial charge on any atom is -0.478 e. The van der Waals surface area contributed by atoms with Crippen molar-refractivity contribution in [1.82, 2.24) is 10.2 Å². The Hall–Kier alpha value is -4.20. The largest absolute Gasteiger partial charge is 0.478 e. The van der Waals surface area contributed by atoms with Gasteiger partial charge in [0.15, 0.2) is 0 Å². The Morgan fingerprint density at radius 3 is 2.59 bits per heavy atom. The lowest BCUT2D eigenvalue weighted by Crippen LogP contribution is -2.30. The summed E-state index contributed by atoms with van der Waals surface area (Å²) in [6.07, 6.45) is 9.47. The first-order chi connectivity index (χ1) is 15.4. The van der Waals surface area contributed by atoms with Crippen LogP contribution >= 0.6 is 0 Å². The second kappa shape index (κ2) is 8.89. The molecule has 162 valence electrons. The van der Waals surface area contributed by atoms with E-state index < -0.39 is 23.7 Å². The van der Waals surface area contributed by atoms with Gasteiger partial charge in [0.05, 0.1) is 12.1 Å². The number of halogens is 1. The van der Waals surface area contributed by atoms with Gasteiger partial charge in [-0.15, -0.1) is 0 Å². The van der Waals surface area contributed by atoms with E-state index in [1.807, 2.05) is 6.08 Å². The smallest absolute Gasteiger partial charge is 0.335 e. The van der Waals surface area contributed by atoms with Crippen LogP contribution in [-0.2, 0) is 16.1 Å². The summed E-state index contributed by atoms with van der Waals surface area (Å²) in [7, 11) is 0.